The monoisotopic (exact) mass is 296 g/mol. The molecule has 1 aromatic rings. The lowest BCUT2D eigenvalue weighted by molar-refractivity contribution is -0.150. The van der Waals surface area contributed by atoms with Crippen molar-refractivity contribution in [2.75, 3.05) is 0 Å². The number of H-pyrrole nitrogens is 1. The topological polar surface area (TPSA) is 108 Å². The molecule has 1 rings (SSSR count). The lowest BCUT2D eigenvalue weighted by Gasteiger charge is -2.38. The van der Waals surface area contributed by atoms with Crippen molar-refractivity contribution >= 4 is 11.9 Å². The molecular weight excluding hydrogens is 272 g/mol. The zero-order valence-electron chi connectivity index (χ0n) is 13.7. The molecule has 0 bridgehead atoms. The van der Waals surface area contributed by atoms with Crippen LogP contribution in [0.1, 0.15) is 64.9 Å². The maximum absolute atomic E-state index is 12.2. The Morgan fingerprint density at radius 2 is 1.62 bits per heavy atom. The third-order valence-corrected chi connectivity index (χ3v) is 3.92. The van der Waals surface area contributed by atoms with E-state index in [-0.39, 0.29) is 11.2 Å². The highest BCUT2D eigenvalue weighted by Crippen LogP contribution is 2.30. The largest absolute Gasteiger partial charge is 0.481 e. The van der Waals surface area contributed by atoms with Gasteiger partial charge in [-0.2, -0.15) is 0 Å². The van der Waals surface area contributed by atoms with E-state index in [1.54, 1.807) is 27.7 Å². The molecule has 7 nitrogen and oxygen atoms in total. The summed E-state index contributed by atoms with van der Waals surface area (Å²) in [4.78, 5) is 27.7. The van der Waals surface area contributed by atoms with Crippen molar-refractivity contribution in [2.24, 2.45) is 5.41 Å². The Hall–Kier alpha value is -1.92. The summed E-state index contributed by atoms with van der Waals surface area (Å²) in [5.41, 5.74) is -2.34. The first kappa shape index (κ1) is 17.1. The number of carbonyl (C=O) groups is 2. The lowest BCUT2D eigenvalue weighted by atomic mass is 9.74. The predicted molar refractivity (Wildman–Crippen MR) is 78.0 cm³/mol. The fourth-order valence-electron chi connectivity index (χ4n) is 1.46. The van der Waals surface area contributed by atoms with Crippen molar-refractivity contribution in [3.63, 3.8) is 0 Å². The minimum Gasteiger partial charge on any atom is -0.481 e. The van der Waals surface area contributed by atoms with Gasteiger partial charge in [-0.25, -0.2) is 4.98 Å². The first-order valence-corrected chi connectivity index (χ1v) is 6.78. The second-order valence-electron chi connectivity index (χ2n) is 7.27. The Morgan fingerprint density at radius 1 is 1.10 bits per heavy atom. The van der Waals surface area contributed by atoms with Gasteiger partial charge in [0.2, 0.25) is 5.82 Å². The van der Waals surface area contributed by atoms with E-state index >= 15 is 0 Å². The van der Waals surface area contributed by atoms with Crippen molar-refractivity contribution < 1.29 is 14.7 Å². The number of hydrogen-bond donors (Lipinski definition) is 3. The number of hydrogen-bond acceptors (Lipinski definition) is 4. The standard InChI is InChI=1S/C14H24N4O3/c1-12(2,3)10-15-8(17-18-10)9(19)16-14(6,7)13(4,5)11(20)21/h1-7H3,(H,16,19)(H,20,21)(H,15,17,18). The summed E-state index contributed by atoms with van der Waals surface area (Å²) in [6.07, 6.45) is 0. The minimum atomic E-state index is -1.13. The van der Waals surface area contributed by atoms with E-state index in [0.29, 0.717) is 5.82 Å². The number of amides is 1. The van der Waals surface area contributed by atoms with Gasteiger partial charge in [0.25, 0.3) is 5.91 Å². The van der Waals surface area contributed by atoms with Crippen molar-refractivity contribution in [3.8, 4) is 0 Å². The van der Waals surface area contributed by atoms with Crippen LogP contribution in [0.5, 0.6) is 0 Å². The molecule has 1 amide bonds. The van der Waals surface area contributed by atoms with Crippen LogP contribution in [0, 0.1) is 5.41 Å². The fraction of sp³-hybridized carbons (Fsp3) is 0.714. The first-order chi connectivity index (χ1) is 9.29. The van der Waals surface area contributed by atoms with Crippen LogP contribution in [0.4, 0.5) is 0 Å². The van der Waals surface area contributed by atoms with Gasteiger partial charge in [-0.3, -0.25) is 14.7 Å². The summed E-state index contributed by atoms with van der Waals surface area (Å²) >= 11 is 0. The van der Waals surface area contributed by atoms with E-state index < -0.39 is 22.8 Å². The number of carbonyl (C=O) groups excluding carboxylic acids is 1. The van der Waals surface area contributed by atoms with Crippen molar-refractivity contribution in [1.29, 1.82) is 0 Å². The Morgan fingerprint density at radius 3 is 2.00 bits per heavy atom. The highest BCUT2D eigenvalue weighted by molar-refractivity contribution is 5.91. The Bertz CT molecular complexity index is 553. The van der Waals surface area contributed by atoms with Crippen LogP contribution in [0.15, 0.2) is 0 Å². The number of nitrogens with one attached hydrogen (secondary N) is 2. The van der Waals surface area contributed by atoms with Crippen LogP contribution in [-0.4, -0.2) is 37.7 Å². The highest BCUT2D eigenvalue weighted by atomic mass is 16.4. The average molecular weight is 296 g/mol. The van der Waals surface area contributed by atoms with Gasteiger partial charge in [0.1, 0.15) is 5.82 Å². The molecular formula is C14H24N4O3. The number of rotatable bonds is 4. The van der Waals surface area contributed by atoms with Gasteiger partial charge in [0.05, 0.1) is 11.0 Å². The third kappa shape index (κ3) is 3.40. The Kier molecular flexibility index (Phi) is 4.18. The molecule has 0 aliphatic rings. The molecule has 21 heavy (non-hydrogen) atoms. The summed E-state index contributed by atoms with van der Waals surface area (Å²) in [5.74, 6) is -0.878. The van der Waals surface area contributed by atoms with Gasteiger partial charge >= 0.3 is 5.97 Å². The zero-order valence-corrected chi connectivity index (χ0v) is 13.7. The number of nitrogens with zero attached hydrogens (tertiary/aromatic N) is 2. The molecule has 7 heteroatoms. The van der Waals surface area contributed by atoms with Crippen molar-refractivity contribution in [3.05, 3.63) is 11.6 Å². The highest BCUT2D eigenvalue weighted by Gasteiger charge is 2.45. The van der Waals surface area contributed by atoms with Crippen LogP contribution >= 0.6 is 0 Å². The predicted octanol–water partition coefficient (Wildman–Crippen LogP) is 1.72. The molecule has 0 saturated carbocycles. The van der Waals surface area contributed by atoms with Crippen LogP contribution < -0.4 is 5.32 Å². The van der Waals surface area contributed by atoms with E-state index in [2.05, 4.69) is 20.5 Å². The van der Waals surface area contributed by atoms with E-state index in [4.69, 9.17) is 0 Å². The SMILES string of the molecule is CC(C)(C)c1nc(C(=O)NC(C)(C)C(C)(C)C(=O)O)n[nH]1. The smallest absolute Gasteiger partial charge is 0.311 e. The van der Waals surface area contributed by atoms with Crippen LogP contribution in [0.3, 0.4) is 0 Å². The van der Waals surface area contributed by atoms with E-state index in [1.165, 1.54) is 0 Å². The molecule has 0 atom stereocenters. The number of carboxylic acids is 1. The van der Waals surface area contributed by atoms with Crippen LogP contribution in [0.2, 0.25) is 0 Å². The molecule has 0 fully saturated rings. The summed E-state index contributed by atoms with van der Waals surface area (Å²) in [6.45, 7) is 12.3. The lowest BCUT2D eigenvalue weighted by Crippen LogP contribution is -2.57. The van der Waals surface area contributed by atoms with Crippen LogP contribution in [0.25, 0.3) is 0 Å². The van der Waals surface area contributed by atoms with Gasteiger partial charge in [-0.1, -0.05) is 20.8 Å². The first-order valence-electron chi connectivity index (χ1n) is 6.78. The minimum absolute atomic E-state index is 0.00851. The average Bonchev–Trinajstić information content (AvgIpc) is 2.76. The maximum atomic E-state index is 12.2. The van der Waals surface area contributed by atoms with Gasteiger partial charge in [-0.05, 0) is 27.7 Å². The van der Waals surface area contributed by atoms with Gasteiger partial charge in [0, 0.05) is 5.41 Å². The number of aromatic amines is 1. The number of aliphatic carboxylic acids is 1. The van der Waals surface area contributed by atoms with Crippen LogP contribution in [-0.2, 0) is 10.2 Å². The summed E-state index contributed by atoms with van der Waals surface area (Å²) in [7, 11) is 0. The van der Waals surface area contributed by atoms with Gasteiger partial charge < -0.3 is 10.4 Å². The fourth-order valence-corrected chi connectivity index (χ4v) is 1.46. The second-order valence-corrected chi connectivity index (χ2v) is 7.27. The third-order valence-electron chi connectivity index (χ3n) is 3.92. The normalized spacial score (nSPS) is 13.1. The molecule has 0 radical (unpaired) electrons. The molecule has 1 aromatic heterocycles. The molecule has 3 N–H and O–H groups in total. The summed E-state index contributed by atoms with van der Waals surface area (Å²) in [6, 6.07) is 0. The molecule has 118 valence electrons. The molecule has 0 aliphatic carbocycles. The number of carboxylic acid groups (broad SMARTS) is 1. The second kappa shape index (κ2) is 5.13. The van der Waals surface area contributed by atoms with E-state index in [9.17, 15) is 14.7 Å². The maximum Gasteiger partial charge on any atom is 0.311 e. The van der Waals surface area contributed by atoms with Crippen molar-refractivity contribution in [2.45, 2.75) is 59.4 Å². The summed E-state index contributed by atoms with van der Waals surface area (Å²) in [5, 5.41) is 18.6. The van der Waals surface area contributed by atoms with E-state index in [1.807, 2.05) is 20.8 Å². The van der Waals surface area contributed by atoms with Crippen molar-refractivity contribution in [1.82, 2.24) is 20.5 Å². The molecule has 0 aliphatic heterocycles. The molecule has 0 saturated heterocycles. The zero-order chi connectivity index (χ0) is 16.6. The molecule has 1 heterocycles. The Labute approximate surface area is 124 Å². The Balaban J connectivity index is 2.96. The summed E-state index contributed by atoms with van der Waals surface area (Å²) < 4.78 is 0. The molecule has 0 unspecified atom stereocenters. The molecule has 0 spiro atoms. The molecule has 0 aromatic carbocycles. The number of aromatic nitrogens is 3. The van der Waals surface area contributed by atoms with E-state index in [0.717, 1.165) is 0 Å². The van der Waals surface area contributed by atoms with Gasteiger partial charge in [0.15, 0.2) is 0 Å². The quantitative estimate of drug-likeness (QED) is 0.784. The van der Waals surface area contributed by atoms with Gasteiger partial charge in [-0.15, -0.1) is 5.10 Å².